The molecule has 0 aromatic heterocycles. The Morgan fingerprint density at radius 1 is 0.784 bits per heavy atom. The van der Waals surface area contributed by atoms with Gasteiger partial charge in [0.05, 0.1) is 39.8 Å². The quantitative estimate of drug-likeness (QED) is 0.0936. The summed E-state index contributed by atoms with van der Waals surface area (Å²) in [4.78, 5) is 42.5. The van der Waals surface area contributed by atoms with Crippen molar-refractivity contribution in [3.63, 3.8) is 0 Å². The molecule has 0 unspecified atom stereocenters. The molecule has 0 amide bonds. The SMILES string of the molecule is CC(=O)CC(=O)c1cc(C)ccc1N.Nc1ccc([N+](=O)[O-])cc1OCOc1cc([N+](=O)[O-])ccc1N. The summed E-state index contributed by atoms with van der Waals surface area (Å²) < 4.78 is 10.4. The lowest BCUT2D eigenvalue weighted by Gasteiger charge is -2.11. The lowest BCUT2D eigenvalue weighted by Crippen LogP contribution is -2.09. The second-order valence-electron chi connectivity index (χ2n) is 7.76. The number of Topliss-reactive ketones (excluding diaryl/α,β-unsaturated/α-hetero) is 2. The van der Waals surface area contributed by atoms with Gasteiger partial charge < -0.3 is 26.7 Å². The number of nitrogens with zero attached hydrogens (tertiary/aromatic N) is 2. The third kappa shape index (κ3) is 8.20. The average molecular weight is 511 g/mol. The molecule has 0 aliphatic rings. The van der Waals surface area contributed by atoms with Crippen LogP contribution in [0.1, 0.15) is 29.3 Å². The van der Waals surface area contributed by atoms with Crippen LogP contribution in [0.15, 0.2) is 54.6 Å². The van der Waals surface area contributed by atoms with E-state index in [1.54, 1.807) is 12.1 Å². The van der Waals surface area contributed by atoms with E-state index in [2.05, 4.69) is 0 Å². The summed E-state index contributed by atoms with van der Waals surface area (Å²) in [6, 6.07) is 12.7. The predicted molar refractivity (Wildman–Crippen MR) is 136 cm³/mol. The molecule has 0 saturated carbocycles. The highest BCUT2D eigenvalue weighted by atomic mass is 16.7. The van der Waals surface area contributed by atoms with Crippen LogP contribution in [0.5, 0.6) is 11.5 Å². The Kier molecular flexibility index (Phi) is 9.46. The molecule has 0 radical (unpaired) electrons. The van der Waals surface area contributed by atoms with Crippen LogP contribution in [-0.4, -0.2) is 28.2 Å². The molecule has 0 saturated heterocycles. The van der Waals surface area contributed by atoms with Crippen LogP contribution in [0.4, 0.5) is 28.4 Å². The van der Waals surface area contributed by atoms with Gasteiger partial charge in [0.15, 0.2) is 17.3 Å². The zero-order chi connectivity index (χ0) is 27.7. The molecule has 0 aliphatic heterocycles. The lowest BCUT2D eigenvalue weighted by molar-refractivity contribution is -0.385. The molecule has 37 heavy (non-hydrogen) atoms. The zero-order valence-corrected chi connectivity index (χ0v) is 20.0. The van der Waals surface area contributed by atoms with Crippen LogP contribution < -0.4 is 26.7 Å². The molecule has 0 atom stereocenters. The van der Waals surface area contributed by atoms with E-state index in [4.69, 9.17) is 26.7 Å². The van der Waals surface area contributed by atoms with Crippen molar-refractivity contribution >= 4 is 40.0 Å². The number of benzene rings is 3. The van der Waals surface area contributed by atoms with Gasteiger partial charge in [-0.2, -0.15) is 0 Å². The Hall–Kier alpha value is -5.20. The number of ketones is 2. The molecule has 0 aliphatic carbocycles. The summed E-state index contributed by atoms with van der Waals surface area (Å²) >= 11 is 0. The van der Waals surface area contributed by atoms with E-state index in [1.165, 1.54) is 31.2 Å². The molecule has 0 bridgehead atoms. The lowest BCUT2D eigenvalue weighted by atomic mass is 10.0. The normalized spacial score (nSPS) is 10.0. The minimum atomic E-state index is -0.592. The molecule has 0 fully saturated rings. The number of nitro groups is 2. The van der Waals surface area contributed by atoms with Crippen molar-refractivity contribution in [3.05, 3.63) is 86.0 Å². The highest BCUT2D eigenvalue weighted by Crippen LogP contribution is 2.29. The van der Waals surface area contributed by atoms with Crippen molar-refractivity contribution in [2.45, 2.75) is 20.3 Å². The molecule has 194 valence electrons. The Balaban J connectivity index is 0.000000294. The van der Waals surface area contributed by atoms with E-state index in [9.17, 15) is 29.8 Å². The number of rotatable bonds is 9. The van der Waals surface area contributed by atoms with Crippen molar-refractivity contribution < 1.29 is 28.9 Å². The van der Waals surface area contributed by atoms with Gasteiger partial charge >= 0.3 is 0 Å². The van der Waals surface area contributed by atoms with Crippen LogP contribution in [0, 0.1) is 27.2 Å². The third-order valence-electron chi connectivity index (χ3n) is 4.76. The van der Waals surface area contributed by atoms with Gasteiger partial charge in [-0.3, -0.25) is 29.8 Å². The Morgan fingerprint density at radius 3 is 1.68 bits per heavy atom. The van der Waals surface area contributed by atoms with Crippen LogP contribution in [0.2, 0.25) is 0 Å². The Bertz CT molecular complexity index is 1280. The number of nitrogens with two attached hydrogens (primary N) is 3. The minimum absolute atomic E-state index is 0.0585. The number of aryl methyl sites for hydroxylation is 1. The number of hydrogen-bond donors (Lipinski definition) is 3. The molecule has 13 nitrogen and oxygen atoms in total. The first-order valence-corrected chi connectivity index (χ1v) is 10.6. The molecular formula is C24H25N5O8. The highest BCUT2D eigenvalue weighted by Gasteiger charge is 2.13. The molecule has 3 aromatic rings. The van der Waals surface area contributed by atoms with Gasteiger partial charge in [0.1, 0.15) is 5.78 Å². The number of carbonyl (C=O) groups is 2. The standard InChI is InChI=1S/C13H12N4O6.C11H13NO2/c14-10-3-1-8(16(18)19)5-12(10)22-7-23-13-6-9(17(20)21)2-4-11(13)15;1-7-3-4-10(12)9(5-7)11(14)6-8(2)13/h1-6H,7,14-15H2;3-5H,6,12H2,1-2H3. The molecule has 6 N–H and O–H groups in total. The van der Waals surface area contributed by atoms with Crippen LogP contribution in [0.3, 0.4) is 0 Å². The number of nitrogen functional groups attached to an aromatic ring is 3. The van der Waals surface area contributed by atoms with Gasteiger partial charge in [-0.05, 0) is 38.1 Å². The van der Waals surface area contributed by atoms with E-state index in [1.807, 2.05) is 13.0 Å². The molecular weight excluding hydrogens is 486 g/mol. The number of hydrogen-bond acceptors (Lipinski definition) is 11. The smallest absolute Gasteiger partial charge is 0.273 e. The zero-order valence-electron chi connectivity index (χ0n) is 20.0. The fourth-order valence-corrected chi connectivity index (χ4v) is 2.91. The number of anilines is 3. The van der Waals surface area contributed by atoms with Gasteiger partial charge in [-0.15, -0.1) is 0 Å². The van der Waals surface area contributed by atoms with E-state index >= 15 is 0 Å². The van der Waals surface area contributed by atoms with Crippen LogP contribution in [-0.2, 0) is 4.79 Å². The topological polar surface area (TPSA) is 217 Å². The summed E-state index contributed by atoms with van der Waals surface area (Å²) in [7, 11) is 0. The summed E-state index contributed by atoms with van der Waals surface area (Å²) in [6.07, 6.45) is -0.0757. The predicted octanol–water partition coefficient (Wildman–Crippen LogP) is 3.82. The highest BCUT2D eigenvalue weighted by molar-refractivity contribution is 6.10. The number of carbonyl (C=O) groups excluding carboxylic acids is 2. The van der Waals surface area contributed by atoms with Gasteiger partial charge in [0.2, 0.25) is 6.79 Å². The van der Waals surface area contributed by atoms with Crippen molar-refractivity contribution in [1.82, 2.24) is 0 Å². The number of ether oxygens (including phenoxy) is 2. The first kappa shape index (κ1) is 28.0. The van der Waals surface area contributed by atoms with Crippen LogP contribution >= 0.6 is 0 Å². The maximum absolute atomic E-state index is 11.5. The number of non-ortho nitro benzene ring substituents is 2. The molecule has 3 aromatic carbocycles. The van der Waals surface area contributed by atoms with Crippen LogP contribution in [0.25, 0.3) is 0 Å². The molecule has 0 spiro atoms. The monoisotopic (exact) mass is 511 g/mol. The van der Waals surface area contributed by atoms with Gasteiger partial charge in [0, 0.05) is 23.4 Å². The van der Waals surface area contributed by atoms with Gasteiger partial charge in [-0.25, -0.2) is 0 Å². The second kappa shape index (κ2) is 12.5. The summed E-state index contributed by atoms with van der Waals surface area (Å²) in [5, 5.41) is 21.4. The van der Waals surface area contributed by atoms with Gasteiger partial charge in [0.25, 0.3) is 11.4 Å². The summed E-state index contributed by atoms with van der Waals surface area (Å²) in [5.41, 5.74) is 18.8. The Morgan fingerprint density at radius 2 is 1.24 bits per heavy atom. The van der Waals surface area contributed by atoms with E-state index in [0.29, 0.717) is 11.3 Å². The Labute approximate surface area is 211 Å². The van der Waals surface area contributed by atoms with Crippen molar-refractivity contribution in [2.24, 2.45) is 0 Å². The van der Waals surface area contributed by atoms with Gasteiger partial charge in [-0.1, -0.05) is 11.6 Å². The van der Waals surface area contributed by atoms with E-state index in [-0.39, 0.29) is 59.0 Å². The first-order valence-electron chi connectivity index (χ1n) is 10.6. The second-order valence-corrected chi connectivity index (χ2v) is 7.76. The molecule has 13 heteroatoms. The fourth-order valence-electron chi connectivity index (χ4n) is 2.91. The largest absolute Gasteiger partial charge is 0.455 e. The fraction of sp³-hybridized carbons (Fsp3) is 0.167. The maximum atomic E-state index is 11.5. The third-order valence-corrected chi connectivity index (χ3v) is 4.76. The van der Waals surface area contributed by atoms with E-state index in [0.717, 1.165) is 17.7 Å². The minimum Gasteiger partial charge on any atom is -0.455 e. The first-order chi connectivity index (χ1) is 17.4. The number of nitro benzene ring substituents is 2. The van der Waals surface area contributed by atoms with Crippen molar-refractivity contribution in [3.8, 4) is 11.5 Å². The van der Waals surface area contributed by atoms with Crippen molar-refractivity contribution in [1.29, 1.82) is 0 Å². The maximum Gasteiger partial charge on any atom is 0.273 e. The molecule has 3 rings (SSSR count). The van der Waals surface area contributed by atoms with E-state index < -0.39 is 9.85 Å². The average Bonchev–Trinajstić information content (AvgIpc) is 2.82. The summed E-state index contributed by atoms with van der Waals surface area (Å²) in [5.74, 6) is -0.235. The summed E-state index contributed by atoms with van der Waals surface area (Å²) in [6.45, 7) is 2.89. The van der Waals surface area contributed by atoms with Crippen molar-refractivity contribution in [2.75, 3.05) is 24.0 Å². The molecule has 0 heterocycles.